The molecule has 2 N–H and O–H groups in total. The molecule has 0 aromatic heterocycles. The third-order valence-electron chi connectivity index (χ3n) is 0.734. The van der Waals surface area contributed by atoms with Gasteiger partial charge in [0.15, 0.2) is 11.7 Å². The second-order valence-corrected chi connectivity index (χ2v) is 1.46. The van der Waals surface area contributed by atoms with Gasteiger partial charge in [-0.05, 0) is 6.92 Å². The Hall–Kier alpha value is -0.206. The first kappa shape index (κ1) is 22.4. The Morgan fingerprint density at radius 2 is 1.91 bits per heavy atom. The van der Waals surface area contributed by atoms with Crippen LogP contribution in [0.3, 0.4) is 0 Å². The Balaban J connectivity index is -0.0000000817. The molecule has 67 valence electrons. The van der Waals surface area contributed by atoms with Crippen LogP contribution in [-0.4, -0.2) is 19.1 Å². The Kier molecular flexibility index (Phi) is 25.4. The fraction of sp³-hybridized carbons (Fsp3) is 0.714. The first-order valence-electron chi connectivity index (χ1n) is 2.27. The molecule has 1 radical (unpaired) electrons. The van der Waals surface area contributed by atoms with E-state index in [1.165, 1.54) is 7.11 Å². The van der Waals surface area contributed by atoms with Gasteiger partial charge in [-0.2, -0.15) is 0 Å². The van der Waals surface area contributed by atoms with Crippen LogP contribution in [0.2, 0.25) is 0 Å². The van der Waals surface area contributed by atoms with E-state index in [2.05, 4.69) is 4.74 Å². The third-order valence-corrected chi connectivity index (χ3v) is 0.734. The van der Waals surface area contributed by atoms with Crippen molar-refractivity contribution < 1.29 is 28.1 Å². The van der Waals surface area contributed by atoms with Gasteiger partial charge in [0.1, 0.15) is 0 Å². The SMILES string of the molecule is C.C.COC(=C=O)C(C)N.[V]. The minimum atomic E-state index is -0.350. The van der Waals surface area contributed by atoms with Gasteiger partial charge >= 0.3 is 0 Å². The molecule has 1 atom stereocenters. The summed E-state index contributed by atoms with van der Waals surface area (Å²) in [6.45, 7) is 1.66. The van der Waals surface area contributed by atoms with Crippen molar-refractivity contribution in [3.05, 3.63) is 5.76 Å². The first-order chi connectivity index (χ1) is 3.72. The summed E-state index contributed by atoms with van der Waals surface area (Å²) in [6, 6.07) is -0.350. The van der Waals surface area contributed by atoms with Crippen LogP contribution in [0.5, 0.6) is 0 Å². The van der Waals surface area contributed by atoms with Crippen LogP contribution in [0.25, 0.3) is 0 Å². The number of methoxy groups -OCH3 is 1. The van der Waals surface area contributed by atoms with Crippen molar-refractivity contribution in [2.24, 2.45) is 5.73 Å². The summed E-state index contributed by atoms with van der Waals surface area (Å²) in [4.78, 5) is 9.81. The van der Waals surface area contributed by atoms with Crippen LogP contribution < -0.4 is 5.73 Å². The molecule has 0 heterocycles. The van der Waals surface area contributed by atoms with E-state index in [-0.39, 0.29) is 45.2 Å². The number of ether oxygens (including phenoxy) is 1. The van der Waals surface area contributed by atoms with Crippen molar-refractivity contribution in [2.75, 3.05) is 7.11 Å². The van der Waals surface area contributed by atoms with Crippen LogP contribution >= 0.6 is 0 Å². The molecule has 0 amide bonds. The molecular formula is C7H17NO2V. The summed E-state index contributed by atoms with van der Waals surface area (Å²) in [7, 11) is 1.39. The van der Waals surface area contributed by atoms with Gasteiger partial charge in [0.2, 0.25) is 0 Å². The standard InChI is InChI=1S/C5H9NO2.2CH4.V/c1-4(6)5(3-7)8-2;;;/h4H,6H2,1-2H3;2*1H4;. The molecule has 0 spiro atoms. The maximum atomic E-state index is 9.81. The first-order valence-corrected chi connectivity index (χ1v) is 2.27. The predicted molar refractivity (Wildman–Crippen MR) is 43.3 cm³/mol. The smallest absolute Gasteiger partial charge is 0.195 e. The topological polar surface area (TPSA) is 52.3 Å². The monoisotopic (exact) mass is 198 g/mol. The van der Waals surface area contributed by atoms with E-state index in [0.29, 0.717) is 0 Å². The van der Waals surface area contributed by atoms with Gasteiger partial charge in [0.25, 0.3) is 0 Å². The molecular weight excluding hydrogens is 181 g/mol. The molecule has 0 rings (SSSR count). The Labute approximate surface area is 80.9 Å². The van der Waals surface area contributed by atoms with Crippen LogP contribution in [-0.2, 0) is 28.1 Å². The maximum Gasteiger partial charge on any atom is 0.195 e. The van der Waals surface area contributed by atoms with E-state index in [4.69, 9.17) is 5.73 Å². The fourth-order valence-corrected chi connectivity index (χ4v) is 0.321. The van der Waals surface area contributed by atoms with Gasteiger partial charge < -0.3 is 10.5 Å². The molecule has 0 aliphatic rings. The van der Waals surface area contributed by atoms with Crippen molar-refractivity contribution >= 4 is 5.94 Å². The third kappa shape index (κ3) is 9.79. The molecule has 4 heteroatoms. The van der Waals surface area contributed by atoms with Crippen LogP contribution in [0.15, 0.2) is 5.76 Å². The van der Waals surface area contributed by atoms with Crippen molar-refractivity contribution in [1.82, 2.24) is 0 Å². The van der Waals surface area contributed by atoms with Gasteiger partial charge in [0.05, 0.1) is 13.2 Å². The van der Waals surface area contributed by atoms with Crippen molar-refractivity contribution in [2.45, 2.75) is 27.8 Å². The fourth-order valence-electron chi connectivity index (χ4n) is 0.321. The van der Waals surface area contributed by atoms with Gasteiger partial charge in [-0.3, -0.25) is 0 Å². The Bertz CT molecular complexity index is 120. The number of hydrogen-bond donors (Lipinski definition) is 1. The molecule has 3 nitrogen and oxygen atoms in total. The van der Waals surface area contributed by atoms with Gasteiger partial charge in [-0.15, -0.1) is 0 Å². The van der Waals surface area contributed by atoms with E-state index >= 15 is 0 Å². The molecule has 0 aliphatic heterocycles. The van der Waals surface area contributed by atoms with Gasteiger partial charge in [0, 0.05) is 18.6 Å². The molecule has 11 heavy (non-hydrogen) atoms. The average molecular weight is 198 g/mol. The minimum Gasteiger partial charge on any atom is -0.488 e. The van der Waals surface area contributed by atoms with Gasteiger partial charge in [-0.25, -0.2) is 4.79 Å². The van der Waals surface area contributed by atoms with E-state index in [0.717, 1.165) is 0 Å². The van der Waals surface area contributed by atoms with Gasteiger partial charge in [-0.1, -0.05) is 14.9 Å². The van der Waals surface area contributed by atoms with Crippen LogP contribution in [0.1, 0.15) is 21.8 Å². The minimum absolute atomic E-state index is 0. The van der Waals surface area contributed by atoms with Crippen molar-refractivity contribution in [1.29, 1.82) is 0 Å². The van der Waals surface area contributed by atoms with E-state index in [1.807, 2.05) is 0 Å². The van der Waals surface area contributed by atoms with E-state index in [1.54, 1.807) is 12.9 Å². The Morgan fingerprint density at radius 3 is 1.91 bits per heavy atom. The second kappa shape index (κ2) is 12.5. The zero-order valence-corrected chi connectivity index (χ0v) is 6.82. The number of carbonyl (C=O) groups excluding carboxylic acids is 1. The maximum absolute atomic E-state index is 9.81. The predicted octanol–water partition coefficient (Wildman–Crippen LogP) is 0.965. The Morgan fingerprint density at radius 1 is 1.55 bits per heavy atom. The summed E-state index contributed by atoms with van der Waals surface area (Å²) in [5.74, 6) is 1.73. The molecule has 0 aromatic rings. The normalized spacial score (nSPS) is 8.64. The summed E-state index contributed by atoms with van der Waals surface area (Å²) in [5.41, 5.74) is 5.23. The molecule has 0 saturated heterocycles. The van der Waals surface area contributed by atoms with E-state index in [9.17, 15) is 4.79 Å². The molecule has 0 fully saturated rings. The number of rotatable bonds is 2. The molecule has 0 bridgehead atoms. The summed E-state index contributed by atoms with van der Waals surface area (Å²) in [6.07, 6.45) is 0. The molecule has 0 aliphatic carbocycles. The molecule has 0 aromatic carbocycles. The zero-order chi connectivity index (χ0) is 6.57. The summed E-state index contributed by atoms with van der Waals surface area (Å²) in [5, 5.41) is 0. The summed E-state index contributed by atoms with van der Waals surface area (Å²) >= 11 is 0. The van der Waals surface area contributed by atoms with Crippen molar-refractivity contribution in [3.8, 4) is 0 Å². The van der Waals surface area contributed by atoms with E-state index < -0.39 is 0 Å². The summed E-state index contributed by atoms with van der Waals surface area (Å²) < 4.78 is 4.53. The molecule has 1 unspecified atom stereocenters. The second-order valence-electron chi connectivity index (χ2n) is 1.46. The zero-order valence-electron chi connectivity index (χ0n) is 5.42. The average Bonchev–Trinajstić information content (AvgIpc) is 1.69. The largest absolute Gasteiger partial charge is 0.488 e. The van der Waals surface area contributed by atoms with Crippen LogP contribution in [0.4, 0.5) is 0 Å². The van der Waals surface area contributed by atoms with Crippen LogP contribution in [0, 0.1) is 0 Å². The number of nitrogens with two attached hydrogens (primary N) is 1. The quantitative estimate of drug-likeness (QED) is 0.531. The number of hydrogen-bond acceptors (Lipinski definition) is 3. The van der Waals surface area contributed by atoms with Crippen molar-refractivity contribution in [3.63, 3.8) is 0 Å². The molecule has 0 saturated carbocycles.